The number of amides is 2. The van der Waals surface area contributed by atoms with Crippen LogP contribution in [0, 0.1) is 6.92 Å². The molecule has 2 aromatic carbocycles. The minimum absolute atomic E-state index is 0.404. The number of carbonyl (C=O) groups is 2. The van der Waals surface area contributed by atoms with Gasteiger partial charge in [-0.15, -0.1) is 0 Å². The Kier molecular flexibility index (Phi) is 6.80. The summed E-state index contributed by atoms with van der Waals surface area (Å²) in [6, 6.07) is 10.5. The molecule has 136 valence electrons. The molecule has 0 spiro atoms. The minimum Gasteiger partial charge on any atom is -0.493 e. The van der Waals surface area contributed by atoms with Crippen LogP contribution in [0.1, 0.15) is 21.5 Å². The van der Waals surface area contributed by atoms with Crippen molar-refractivity contribution in [3.63, 3.8) is 0 Å². The predicted octanol–water partition coefficient (Wildman–Crippen LogP) is 3.25. The fourth-order valence-electron chi connectivity index (χ4n) is 2.09. The van der Waals surface area contributed by atoms with Crippen molar-refractivity contribution in [2.45, 2.75) is 6.92 Å². The number of methoxy groups -OCH3 is 2. The third-order valence-electron chi connectivity index (χ3n) is 3.57. The van der Waals surface area contributed by atoms with Crippen LogP contribution in [0.15, 0.2) is 46.9 Å². The number of hydrogen-bond donors (Lipinski definition) is 2. The van der Waals surface area contributed by atoms with E-state index in [1.165, 1.54) is 13.2 Å². The number of nitrogens with one attached hydrogen (secondary N) is 2. The molecule has 0 aromatic heterocycles. The normalized spacial score (nSPS) is 10.5. The molecule has 7 heteroatoms. The van der Waals surface area contributed by atoms with Crippen LogP contribution >= 0.6 is 15.9 Å². The summed E-state index contributed by atoms with van der Waals surface area (Å²) in [5.41, 5.74) is 6.92. The second-order valence-corrected chi connectivity index (χ2v) is 6.21. The summed E-state index contributed by atoms with van der Waals surface area (Å²) in [5, 5.41) is 0. The molecule has 26 heavy (non-hydrogen) atoms. The molecule has 0 fully saturated rings. The summed E-state index contributed by atoms with van der Waals surface area (Å²) < 4.78 is 11.2. The van der Waals surface area contributed by atoms with E-state index in [1.54, 1.807) is 43.5 Å². The Morgan fingerprint density at radius 2 is 1.73 bits per heavy atom. The molecular weight excluding hydrogens is 400 g/mol. The highest BCUT2D eigenvalue weighted by Gasteiger charge is 2.08. The Morgan fingerprint density at radius 3 is 2.38 bits per heavy atom. The minimum atomic E-state index is -0.459. The SMILES string of the molecule is COc1ccc(/C=C/C(=O)NNC(=O)c2ccc(C)c(Br)c2)cc1OC. The number of halogens is 1. The maximum atomic E-state index is 12.0. The van der Waals surface area contributed by atoms with E-state index in [2.05, 4.69) is 26.8 Å². The van der Waals surface area contributed by atoms with E-state index in [0.717, 1.165) is 15.6 Å². The molecule has 0 heterocycles. The highest BCUT2D eigenvalue weighted by atomic mass is 79.9. The van der Waals surface area contributed by atoms with Gasteiger partial charge >= 0.3 is 0 Å². The lowest BCUT2D eigenvalue weighted by Gasteiger charge is -2.08. The predicted molar refractivity (Wildman–Crippen MR) is 103 cm³/mol. The second-order valence-electron chi connectivity index (χ2n) is 5.36. The molecule has 0 unspecified atom stereocenters. The topological polar surface area (TPSA) is 76.7 Å². The van der Waals surface area contributed by atoms with Gasteiger partial charge in [-0.1, -0.05) is 28.1 Å². The lowest BCUT2D eigenvalue weighted by molar-refractivity contribution is -0.117. The molecule has 0 bridgehead atoms. The zero-order chi connectivity index (χ0) is 19.1. The summed E-state index contributed by atoms with van der Waals surface area (Å²) in [4.78, 5) is 23.9. The van der Waals surface area contributed by atoms with Crippen LogP contribution < -0.4 is 20.3 Å². The van der Waals surface area contributed by atoms with Crippen molar-refractivity contribution in [3.05, 3.63) is 63.6 Å². The van der Waals surface area contributed by atoms with Crippen molar-refractivity contribution < 1.29 is 19.1 Å². The molecule has 2 N–H and O–H groups in total. The Hall–Kier alpha value is -2.80. The van der Waals surface area contributed by atoms with Crippen molar-refractivity contribution in [1.82, 2.24) is 10.9 Å². The maximum Gasteiger partial charge on any atom is 0.269 e. The smallest absolute Gasteiger partial charge is 0.269 e. The average molecular weight is 419 g/mol. The lowest BCUT2D eigenvalue weighted by atomic mass is 10.1. The number of aryl methyl sites for hydroxylation is 1. The first kappa shape index (κ1) is 19.5. The lowest BCUT2D eigenvalue weighted by Crippen LogP contribution is -2.40. The zero-order valence-corrected chi connectivity index (χ0v) is 16.2. The van der Waals surface area contributed by atoms with Crippen LogP contribution in [-0.4, -0.2) is 26.0 Å². The van der Waals surface area contributed by atoms with Crippen LogP contribution in [-0.2, 0) is 4.79 Å². The van der Waals surface area contributed by atoms with Crippen molar-refractivity contribution in [2.24, 2.45) is 0 Å². The number of hydrogen-bond acceptors (Lipinski definition) is 4. The number of benzene rings is 2. The van der Waals surface area contributed by atoms with E-state index < -0.39 is 11.8 Å². The summed E-state index contributed by atoms with van der Waals surface area (Å²) >= 11 is 3.37. The van der Waals surface area contributed by atoms with Gasteiger partial charge < -0.3 is 9.47 Å². The monoisotopic (exact) mass is 418 g/mol. The molecule has 2 aromatic rings. The first-order chi connectivity index (χ1) is 12.4. The molecular formula is C19H19BrN2O4. The number of ether oxygens (including phenoxy) is 2. The van der Waals surface area contributed by atoms with Gasteiger partial charge in [-0.2, -0.15) is 0 Å². The maximum absolute atomic E-state index is 12.0. The molecule has 0 saturated carbocycles. The van der Waals surface area contributed by atoms with Crippen molar-refractivity contribution >= 4 is 33.8 Å². The summed E-state index contributed by atoms with van der Waals surface area (Å²) in [6.07, 6.45) is 2.92. The van der Waals surface area contributed by atoms with Gasteiger partial charge in [0.2, 0.25) is 0 Å². The number of carbonyl (C=O) groups excluding carboxylic acids is 2. The van der Waals surface area contributed by atoms with Crippen LogP contribution in [0.4, 0.5) is 0 Å². The van der Waals surface area contributed by atoms with Gasteiger partial charge in [0.05, 0.1) is 14.2 Å². The molecule has 0 saturated heterocycles. The molecule has 0 radical (unpaired) electrons. The number of hydrazine groups is 1. The third kappa shape index (κ3) is 5.10. The first-order valence-corrected chi connectivity index (χ1v) is 8.50. The third-order valence-corrected chi connectivity index (χ3v) is 4.42. The highest BCUT2D eigenvalue weighted by molar-refractivity contribution is 9.10. The van der Waals surface area contributed by atoms with Gasteiger partial charge in [0.1, 0.15) is 0 Å². The molecule has 2 rings (SSSR count). The van der Waals surface area contributed by atoms with E-state index in [-0.39, 0.29) is 0 Å². The van der Waals surface area contributed by atoms with Gasteiger partial charge in [-0.05, 0) is 48.4 Å². The van der Waals surface area contributed by atoms with Crippen molar-refractivity contribution in [1.29, 1.82) is 0 Å². The summed E-state index contributed by atoms with van der Waals surface area (Å²) in [7, 11) is 3.09. The molecule has 2 amide bonds. The van der Waals surface area contributed by atoms with Gasteiger partial charge in [0, 0.05) is 16.1 Å². The van der Waals surface area contributed by atoms with E-state index in [0.29, 0.717) is 17.1 Å². The van der Waals surface area contributed by atoms with Crippen molar-refractivity contribution in [3.8, 4) is 11.5 Å². The quantitative estimate of drug-likeness (QED) is 0.576. The van der Waals surface area contributed by atoms with Crippen LogP contribution in [0.3, 0.4) is 0 Å². The van der Waals surface area contributed by atoms with Crippen LogP contribution in [0.5, 0.6) is 11.5 Å². The van der Waals surface area contributed by atoms with Gasteiger partial charge in [-0.25, -0.2) is 0 Å². The summed E-state index contributed by atoms with van der Waals surface area (Å²) in [5.74, 6) is 0.303. The summed E-state index contributed by atoms with van der Waals surface area (Å²) in [6.45, 7) is 1.92. The molecule has 0 aliphatic heterocycles. The second kappa shape index (κ2) is 9.05. The van der Waals surface area contributed by atoms with Gasteiger partial charge in [-0.3, -0.25) is 20.4 Å². The Balaban J connectivity index is 1.94. The van der Waals surface area contributed by atoms with Crippen LogP contribution in [0.2, 0.25) is 0 Å². The standard InChI is InChI=1S/C19H19BrN2O4/c1-12-4-7-14(11-15(12)20)19(24)22-21-18(23)9-6-13-5-8-16(25-2)17(10-13)26-3/h4-11H,1-3H3,(H,21,23)(H,22,24)/b9-6+. The van der Waals surface area contributed by atoms with E-state index in [1.807, 2.05) is 13.0 Å². The number of rotatable bonds is 5. The Bertz CT molecular complexity index is 849. The van der Waals surface area contributed by atoms with Crippen molar-refractivity contribution in [2.75, 3.05) is 14.2 Å². The fraction of sp³-hybridized carbons (Fsp3) is 0.158. The van der Waals surface area contributed by atoms with Gasteiger partial charge in [0.25, 0.3) is 11.8 Å². The fourth-order valence-corrected chi connectivity index (χ4v) is 2.47. The van der Waals surface area contributed by atoms with E-state index in [9.17, 15) is 9.59 Å². The Morgan fingerprint density at radius 1 is 1.00 bits per heavy atom. The first-order valence-electron chi connectivity index (χ1n) is 7.71. The highest BCUT2D eigenvalue weighted by Crippen LogP contribution is 2.27. The molecule has 0 atom stereocenters. The van der Waals surface area contributed by atoms with Gasteiger partial charge in [0.15, 0.2) is 11.5 Å². The van der Waals surface area contributed by atoms with E-state index in [4.69, 9.17) is 9.47 Å². The largest absolute Gasteiger partial charge is 0.493 e. The average Bonchev–Trinajstić information content (AvgIpc) is 2.66. The molecule has 6 nitrogen and oxygen atoms in total. The Labute approximate surface area is 160 Å². The van der Waals surface area contributed by atoms with E-state index >= 15 is 0 Å². The zero-order valence-electron chi connectivity index (χ0n) is 14.6. The molecule has 0 aliphatic rings. The molecule has 0 aliphatic carbocycles. The van der Waals surface area contributed by atoms with Crippen LogP contribution in [0.25, 0.3) is 6.08 Å².